The summed E-state index contributed by atoms with van der Waals surface area (Å²) in [6.45, 7) is 2.99. The summed E-state index contributed by atoms with van der Waals surface area (Å²) in [6, 6.07) is 8.49. The fourth-order valence-electron chi connectivity index (χ4n) is 1.59. The molecule has 1 aromatic heterocycles. The number of nitrogens with zero attached hydrogens (tertiary/aromatic N) is 1. The number of pyridine rings is 1. The zero-order chi connectivity index (χ0) is 12.8. The van der Waals surface area contributed by atoms with Crippen molar-refractivity contribution in [2.75, 3.05) is 17.2 Å². The molecule has 0 aliphatic rings. The molecule has 0 saturated heterocycles. The van der Waals surface area contributed by atoms with Crippen LogP contribution in [-0.4, -0.2) is 11.5 Å². The molecule has 18 heavy (non-hydrogen) atoms. The van der Waals surface area contributed by atoms with Crippen LogP contribution in [0.25, 0.3) is 0 Å². The first-order valence-corrected chi connectivity index (χ1v) is 6.00. The van der Waals surface area contributed by atoms with E-state index in [1.54, 1.807) is 30.6 Å². The number of hydrogen-bond acceptors (Lipinski definition) is 3. The summed E-state index contributed by atoms with van der Waals surface area (Å²) in [4.78, 5) is 4.12. The van der Waals surface area contributed by atoms with E-state index in [1.807, 2.05) is 6.07 Å². The van der Waals surface area contributed by atoms with Gasteiger partial charge in [0.1, 0.15) is 5.82 Å². The van der Waals surface area contributed by atoms with Crippen molar-refractivity contribution in [1.82, 2.24) is 4.98 Å². The van der Waals surface area contributed by atoms with Gasteiger partial charge in [-0.2, -0.15) is 0 Å². The normalized spacial score (nSPS) is 10.1. The molecule has 1 heterocycles. The van der Waals surface area contributed by atoms with Crippen molar-refractivity contribution in [2.24, 2.45) is 0 Å². The quantitative estimate of drug-likeness (QED) is 0.841. The van der Waals surface area contributed by atoms with Crippen molar-refractivity contribution >= 4 is 17.1 Å². The van der Waals surface area contributed by atoms with Crippen molar-refractivity contribution in [3.05, 3.63) is 48.5 Å². The molecule has 0 bridgehead atoms. The van der Waals surface area contributed by atoms with Crippen LogP contribution in [0.2, 0.25) is 0 Å². The molecule has 0 amide bonds. The molecule has 0 spiro atoms. The Balaban J connectivity index is 2.12. The summed E-state index contributed by atoms with van der Waals surface area (Å²) < 4.78 is 13.5. The van der Waals surface area contributed by atoms with E-state index in [9.17, 15) is 4.39 Å². The van der Waals surface area contributed by atoms with Gasteiger partial charge in [-0.3, -0.25) is 4.98 Å². The lowest BCUT2D eigenvalue weighted by atomic mass is 10.3. The largest absolute Gasteiger partial charge is 0.384 e. The van der Waals surface area contributed by atoms with Crippen LogP contribution in [0.3, 0.4) is 0 Å². The molecule has 2 aromatic rings. The topological polar surface area (TPSA) is 37.0 Å². The molecular weight excluding hydrogens is 229 g/mol. The molecule has 0 fully saturated rings. The van der Waals surface area contributed by atoms with E-state index in [0.717, 1.165) is 24.3 Å². The van der Waals surface area contributed by atoms with Gasteiger partial charge in [0.25, 0.3) is 0 Å². The van der Waals surface area contributed by atoms with Gasteiger partial charge in [-0.1, -0.05) is 19.1 Å². The summed E-state index contributed by atoms with van der Waals surface area (Å²) in [7, 11) is 0. The molecule has 0 atom stereocenters. The van der Waals surface area contributed by atoms with Crippen LogP contribution in [0.1, 0.15) is 13.3 Å². The molecule has 2 N–H and O–H groups in total. The highest BCUT2D eigenvalue weighted by molar-refractivity contribution is 5.63. The third kappa shape index (κ3) is 3.20. The number of para-hydroxylation sites is 1. The maximum absolute atomic E-state index is 13.5. The SMILES string of the molecule is CCCNc1cncc(Nc2ccccc2F)c1. The maximum Gasteiger partial charge on any atom is 0.146 e. The van der Waals surface area contributed by atoms with Gasteiger partial charge in [-0.15, -0.1) is 0 Å². The summed E-state index contributed by atoms with van der Waals surface area (Å²) in [5.74, 6) is -0.274. The number of hydrogen-bond donors (Lipinski definition) is 2. The maximum atomic E-state index is 13.5. The Hall–Kier alpha value is -2.10. The van der Waals surface area contributed by atoms with E-state index in [0.29, 0.717) is 5.69 Å². The predicted molar refractivity (Wildman–Crippen MR) is 72.7 cm³/mol. The highest BCUT2D eigenvalue weighted by Gasteiger charge is 2.01. The van der Waals surface area contributed by atoms with Crippen molar-refractivity contribution in [1.29, 1.82) is 0 Å². The van der Waals surface area contributed by atoms with Gasteiger partial charge in [-0.05, 0) is 24.6 Å². The highest BCUT2D eigenvalue weighted by Crippen LogP contribution is 2.20. The lowest BCUT2D eigenvalue weighted by Crippen LogP contribution is -2.01. The fraction of sp³-hybridized carbons (Fsp3) is 0.214. The molecule has 0 unspecified atom stereocenters. The highest BCUT2D eigenvalue weighted by atomic mass is 19.1. The predicted octanol–water partition coefficient (Wildman–Crippen LogP) is 3.79. The van der Waals surface area contributed by atoms with Gasteiger partial charge in [0.2, 0.25) is 0 Å². The first kappa shape index (κ1) is 12.4. The van der Waals surface area contributed by atoms with Gasteiger partial charge >= 0.3 is 0 Å². The number of benzene rings is 1. The van der Waals surface area contributed by atoms with Crippen LogP contribution in [0.5, 0.6) is 0 Å². The number of rotatable bonds is 5. The van der Waals surface area contributed by atoms with Crippen LogP contribution in [0, 0.1) is 5.82 Å². The van der Waals surface area contributed by atoms with E-state index in [4.69, 9.17) is 0 Å². The number of nitrogens with one attached hydrogen (secondary N) is 2. The van der Waals surface area contributed by atoms with Crippen LogP contribution in [0.4, 0.5) is 21.5 Å². The third-order valence-corrected chi connectivity index (χ3v) is 2.47. The molecule has 3 nitrogen and oxygen atoms in total. The average Bonchev–Trinajstić information content (AvgIpc) is 2.40. The first-order valence-electron chi connectivity index (χ1n) is 6.00. The minimum atomic E-state index is -0.274. The summed E-state index contributed by atoms with van der Waals surface area (Å²) in [5, 5.41) is 6.25. The second-order valence-corrected chi connectivity index (χ2v) is 3.99. The van der Waals surface area contributed by atoms with Gasteiger partial charge in [-0.25, -0.2) is 4.39 Å². The third-order valence-electron chi connectivity index (χ3n) is 2.47. The van der Waals surface area contributed by atoms with E-state index < -0.39 is 0 Å². The second-order valence-electron chi connectivity index (χ2n) is 3.99. The Kier molecular flexibility index (Phi) is 4.12. The molecular formula is C14H16FN3. The van der Waals surface area contributed by atoms with Gasteiger partial charge in [0, 0.05) is 6.54 Å². The lowest BCUT2D eigenvalue weighted by Gasteiger charge is -2.09. The molecule has 94 valence electrons. The van der Waals surface area contributed by atoms with E-state index >= 15 is 0 Å². The Morgan fingerprint density at radius 3 is 2.72 bits per heavy atom. The van der Waals surface area contributed by atoms with Crippen molar-refractivity contribution in [3.8, 4) is 0 Å². The van der Waals surface area contributed by atoms with Gasteiger partial charge in [0.15, 0.2) is 0 Å². The summed E-state index contributed by atoms with van der Waals surface area (Å²) in [6.07, 6.45) is 4.47. The first-order chi connectivity index (χ1) is 8.79. The minimum absolute atomic E-state index is 0.274. The molecule has 0 radical (unpaired) electrons. The van der Waals surface area contributed by atoms with Gasteiger partial charge < -0.3 is 10.6 Å². The molecule has 0 saturated carbocycles. The van der Waals surface area contributed by atoms with E-state index in [2.05, 4.69) is 22.5 Å². The molecule has 4 heteroatoms. The summed E-state index contributed by atoms with van der Waals surface area (Å²) in [5.41, 5.74) is 2.14. The molecule has 0 aliphatic carbocycles. The Labute approximate surface area is 106 Å². The molecule has 2 rings (SSSR count). The Bertz CT molecular complexity index is 514. The summed E-state index contributed by atoms with van der Waals surface area (Å²) >= 11 is 0. The Morgan fingerprint density at radius 2 is 1.94 bits per heavy atom. The number of aromatic nitrogens is 1. The monoisotopic (exact) mass is 245 g/mol. The Morgan fingerprint density at radius 1 is 1.17 bits per heavy atom. The van der Waals surface area contributed by atoms with Crippen molar-refractivity contribution < 1.29 is 4.39 Å². The smallest absolute Gasteiger partial charge is 0.146 e. The van der Waals surface area contributed by atoms with E-state index in [-0.39, 0.29) is 5.82 Å². The second kappa shape index (κ2) is 6.00. The zero-order valence-electron chi connectivity index (χ0n) is 10.3. The van der Waals surface area contributed by atoms with Crippen molar-refractivity contribution in [3.63, 3.8) is 0 Å². The standard InChI is InChI=1S/C14H16FN3/c1-2-7-17-11-8-12(10-16-9-11)18-14-6-4-3-5-13(14)15/h3-6,8-10,17-18H,2,7H2,1H3. The van der Waals surface area contributed by atoms with Crippen LogP contribution in [0.15, 0.2) is 42.7 Å². The van der Waals surface area contributed by atoms with Crippen LogP contribution < -0.4 is 10.6 Å². The zero-order valence-corrected chi connectivity index (χ0v) is 10.3. The fourth-order valence-corrected chi connectivity index (χ4v) is 1.59. The van der Waals surface area contributed by atoms with E-state index in [1.165, 1.54) is 6.07 Å². The van der Waals surface area contributed by atoms with Crippen LogP contribution in [-0.2, 0) is 0 Å². The average molecular weight is 245 g/mol. The number of anilines is 3. The van der Waals surface area contributed by atoms with Gasteiger partial charge in [0.05, 0.1) is 29.5 Å². The minimum Gasteiger partial charge on any atom is -0.384 e. The molecule has 1 aromatic carbocycles. The molecule has 0 aliphatic heterocycles. The van der Waals surface area contributed by atoms with Crippen LogP contribution >= 0.6 is 0 Å². The number of halogens is 1. The van der Waals surface area contributed by atoms with Crippen molar-refractivity contribution in [2.45, 2.75) is 13.3 Å². The lowest BCUT2D eigenvalue weighted by molar-refractivity contribution is 0.632.